The molecule has 0 aliphatic heterocycles. The lowest BCUT2D eigenvalue weighted by Gasteiger charge is -2.08. The van der Waals surface area contributed by atoms with E-state index in [1.165, 1.54) is 15.8 Å². The molecular formula is C22H17NOS. The predicted octanol–water partition coefficient (Wildman–Crippen LogP) is 6.32. The molecule has 4 aromatic rings. The number of hydrogen-bond acceptors (Lipinski definition) is 3. The van der Waals surface area contributed by atoms with E-state index in [1.54, 1.807) is 11.8 Å². The summed E-state index contributed by atoms with van der Waals surface area (Å²) in [4.78, 5) is 5.72. The number of thioether (sulfide) groups is 1. The molecule has 3 aromatic carbocycles. The fourth-order valence-corrected chi connectivity index (χ4v) is 3.66. The van der Waals surface area contributed by atoms with Gasteiger partial charge >= 0.3 is 0 Å². The highest BCUT2D eigenvalue weighted by Gasteiger charge is 2.04. The van der Waals surface area contributed by atoms with Gasteiger partial charge in [-0.25, -0.2) is 0 Å². The summed E-state index contributed by atoms with van der Waals surface area (Å²) in [5, 5.41) is 1.17. The molecule has 3 heteroatoms. The van der Waals surface area contributed by atoms with Gasteiger partial charge in [-0.1, -0.05) is 48.5 Å². The average molecular weight is 343 g/mol. The summed E-state index contributed by atoms with van der Waals surface area (Å²) in [5.74, 6) is 2.59. The third-order valence-electron chi connectivity index (χ3n) is 3.87. The van der Waals surface area contributed by atoms with Crippen molar-refractivity contribution in [2.45, 2.75) is 10.6 Å². The first-order valence-electron chi connectivity index (χ1n) is 8.17. The van der Waals surface area contributed by atoms with Crippen molar-refractivity contribution in [3.63, 3.8) is 0 Å². The van der Waals surface area contributed by atoms with Crippen molar-refractivity contribution < 1.29 is 4.74 Å². The number of hydrogen-bond donors (Lipinski definition) is 0. The van der Waals surface area contributed by atoms with Crippen molar-refractivity contribution in [2.24, 2.45) is 0 Å². The standard InChI is InChI=1S/C22H17NOS/c1-2-10-19(11-3-1)24-20-12-4-7-17(15-20)16-25-21-13-5-8-18-9-6-14-23-22(18)21/h1-15H,16H2. The Morgan fingerprint density at radius 1 is 0.760 bits per heavy atom. The van der Waals surface area contributed by atoms with E-state index in [4.69, 9.17) is 4.74 Å². The van der Waals surface area contributed by atoms with Gasteiger partial charge in [0.25, 0.3) is 0 Å². The first-order chi connectivity index (χ1) is 12.4. The minimum Gasteiger partial charge on any atom is -0.457 e. The molecule has 25 heavy (non-hydrogen) atoms. The Balaban J connectivity index is 1.50. The third-order valence-corrected chi connectivity index (χ3v) is 4.99. The Labute approximate surface area is 151 Å². The van der Waals surface area contributed by atoms with E-state index in [0.717, 1.165) is 22.8 Å². The maximum atomic E-state index is 5.92. The van der Waals surface area contributed by atoms with Crippen LogP contribution in [0.15, 0.2) is 96.0 Å². The largest absolute Gasteiger partial charge is 0.457 e. The fraction of sp³-hybridized carbons (Fsp3) is 0.0455. The van der Waals surface area contributed by atoms with Crippen LogP contribution in [0, 0.1) is 0 Å². The SMILES string of the molecule is c1ccc(Oc2cccc(CSc3cccc4cccnc34)c2)cc1. The molecule has 2 nitrogen and oxygen atoms in total. The van der Waals surface area contributed by atoms with Gasteiger partial charge < -0.3 is 4.74 Å². The van der Waals surface area contributed by atoms with Crippen LogP contribution in [0.5, 0.6) is 11.5 Å². The maximum absolute atomic E-state index is 5.92. The second-order valence-electron chi connectivity index (χ2n) is 5.68. The molecule has 0 aliphatic rings. The molecule has 0 saturated heterocycles. The smallest absolute Gasteiger partial charge is 0.127 e. The lowest BCUT2D eigenvalue weighted by atomic mass is 10.2. The molecule has 0 bridgehead atoms. The summed E-state index contributed by atoms with van der Waals surface area (Å²) >= 11 is 1.80. The minimum absolute atomic E-state index is 0.852. The number of rotatable bonds is 5. The van der Waals surface area contributed by atoms with Crippen molar-refractivity contribution in [1.82, 2.24) is 4.98 Å². The molecule has 0 atom stereocenters. The Bertz CT molecular complexity index is 980. The van der Waals surface area contributed by atoms with Crippen molar-refractivity contribution in [3.05, 3.63) is 96.7 Å². The summed E-state index contributed by atoms with van der Waals surface area (Å²) in [7, 11) is 0. The molecule has 0 unspecified atom stereocenters. The highest BCUT2D eigenvalue weighted by atomic mass is 32.2. The van der Waals surface area contributed by atoms with E-state index in [-0.39, 0.29) is 0 Å². The molecule has 0 saturated carbocycles. The molecule has 0 aliphatic carbocycles. The summed E-state index contributed by atoms with van der Waals surface area (Å²) in [6.45, 7) is 0. The van der Waals surface area contributed by atoms with E-state index < -0.39 is 0 Å². The number of benzene rings is 3. The Morgan fingerprint density at radius 2 is 1.56 bits per heavy atom. The van der Waals surface area contributed by atoms with Gasteiger partial charge in [0.05, 0.1) is 5.52 Å². The zero-order valence-corrected chi connectivity index (χ0v) is 14.4. The summed E-state index contributed by atoms with van der Waals surface area (Å²) in [5.41, 5.74) is 2.29. The van der Waals surface area contributed by atoms with Gasteiger partial charge in [0, 0.05) is 22.2 Å². The summed E-state index contributed by atoms with van der Waals surface area (Å²) < 4.78 is 5.92. The van der Waals surface area contributed by atoms with Gasteiger partial charge in [0.15, 0.2) is 0 Å². The highest BCUT2D eigenvalue weighted by molar-refractivity contribution is 7.98. The molecule has 1 aromatic heterocycles. The van der Waals surface area contributed by atoms with Crippen LogP contribution in [-0.2, 0) is 5.75 Å². The Morgan fingerprint density at radius 3 is 2.48 bits per heavy atom. The number of ether oxygens (including phenoxy) is 1. The molecule has 122 valence electrons. The van der Waals surface area contributed by atoms with Crippen molar-refractivity contribution in [1.29, 1.82) is 0 Å². The van der Waals surface area contributed by atoms with E-state index in [0.29, 0.717) is 0 Å². The lowest BCUT2D eigenvalue weighted by molar-refractivity contribution is 0.482. The molecular weight excluding hydrogens is 326 g/mol. The van der Waals surface area contributed by atoms with Crippen LogP contribution in [-0.4, -0.2) is 4.98 Å². The summed E-state index contributed by atoms with van der Waals surface area (Å²) in [6, 6.07) is 28.5. The topological polar surface area (TPSA) is 22.1 Å². The third kappa shape index (κ3) is 3.83. The van der Waals surface area contributed by atoms with E-state index >= 15 is 0 Å². The number of pyridine rings is 1. The Kier molecular flexibility index (Phi) is 4.66. The molecule has 0 N–H and O–H groups in total. The van der Waals surface area contributed by atoms with Crippen molar-refractivity contribution in [3.8, 4) is 11.5 Å². The zero-order chi connectivity index (χ0) is 16.9. The van der Waals surface area contributed by atoms with Crippen LogP contribution in [0.4, 0.5) is 0 Å². The monoisotopic (exact) mass is 343 g/mol. The van der Waals surface area contributed by atoms with Gasteiger partial charge in [-0.2, -0.15) is 0 Å². The van der Waals surface area contributed by atoms with Crippen LogP contribution < -0.4 is 4.74 Å². The van der Waals surface area contributed by atoms with Gasteiger partial charge in [0.1, 0.15) is 11.5 Å². The number of fused-ring (bicyclic) bond motifs is 1. The number of nitrogens with zero attached hydrogens (tertiary/aromatic N) is 1. The normalized spacial score (nSPS) is 10.7. The number of para-hydroxylation sites is 2. The number of aromatic nitrogens is 1. The molecule has 1 heterocycles. The predicted molar refractivity (Wildman–Crippen MR) is 104 cm³/mol. The molecule has 4 rings (SSSR count). The Hall–Kier alpha value is -2.78. The highest BCUT2D eigenvalue weighted by Crippen LogP contribution is 2.30. The van der Waals surface area contributed by atoms with Gasteiger partial charge in [-0.05, 0) is 42.0 Å². The van der Waals surface area contributed by atoms with Crippen molar-refractivity contribution >= 4 is 22.7 Å². The van der Waals surface area contributed by atoms with Gasteiger partial charge in [0.2, 0.25) is 0 Å². The minimum atomic E-state index is 0.852. The average Bonchev–Trinajstić information content (AvgIpc) is 2.67. The van der Waals surface area contributed by atoms with Gasteiger partial charge in [-0.3, -0.25) is 4.98 Å². The van der Waals surface area contributed by atoms with Crippen LogP contribution in [0.25, 0.3) is 10.9 Å². The van der Waals surface area contributed by atoms with Crippen LogP contribution >= 0.6 is 11.8 Å². The van der Waals surface area contributed by atoms with Crippen LogP contribution in [0.1, 0.15) is 5.56 Å². The lowest BCUT2D eigenvalue weighted by Crippen LogP contribution is -1.87. The van der Waals surface area contributed by atoms with Gasteiger partial charge in [-0.15, -0.1) is 11.8 Å². The summed E-state index contributed by atoms with van der Waals surface area (Å²) in [6.07, 6.45) is 1.85. The zero-order valence-electron chi connectivity index (χ0n) is 13.6. The molecule has 0 spiro atoms. The fourth-order valence-electron chi connectivity index (χ4n) is 2.68. The quantitative estimate of drug-likeness (QED) is 0.396. The molecule has 0 fully saturated rings. The first kappa shape index (κ1) is 15.7. The second-order valence-corrected chi connectivity index (χ2v) is 6.70. The van der Waals surface area contributed by atoms with Crippen molar-refractivity contribution in [2.75, 3.05) is 0 Å². The van der Waals surface area contributed by atoms with Crippen LogP contribution in [0.3, 0.4) is 0 Å². The van der Waals surface area contributed by atoms with E-state index in [2.05, 4.69) is 41.4 Å². The molecule has 0 radical (unpaired) electrons. The first-order valence-corrected chi connectivity index (χ1v) is 9.15. The van der Waals surface area contributed by atoms with E-state index in [9.17, 15) is 0 Å². The second kappa shape index (κ2) is 7.41. The van der Waals surface area contributed by atoms with E-state index in [1.807, 2.05) is 54.7 Å². The maximum Gasteiger partial charge on any atom is 0.127 e. The molecule has 0 amide bonds. The van der Waals surface area contributed by atoms with Crippen LogP contribution in [0.2, 0.25) is 0 Å².